The number of aryl methyl sites for hydroxylation is 1. The van der Waals surface area contributed by atoms with E-state index in [1.807, 2.05) is 35.1 Å². The lowest BCUT2D eigenvalue weighted by molar-refractivity contribution is 0.0933. The lowest BCUT2D eigenvalue weighted by Gasteiger charge is -2.17. The van der Waals surface area contributed by atoms with Gasteiger partial charge in [-0.05, 0) is 55.2 Å². The number of aromatic nitrogens is 3. The van der Waals surface area contributed by atoms with Crippen molar-refractivity contribution in [1.82, 2.24) is 19.9 Å². The average Bonchev–Trinajstić information content (AvgIpc) is 3.05. The number of fused-ring (bicyclic) bond motifs is 1. The highest BCUT2D eigenvalue weighted by atomic mass is 32.2. The highest BCUT2D eigenvalue weighted by molar-refractivity contribution is 7.98. The molecular weight excluding hydrogens is 339 g/mol. The highest BCUT2D eigenvalue weighted by Crippen LogP contribution is 2.19. The molecule has 1 unspecified atom stereocenters. The summed E-state index contributed by atoms with van der Waals surface area (Å²) in [7, 11) is 0. The van der Waals surface area contributed by atoms with Gasteiger partial charge in [0.1, 0.15) is 5.82 Å². The number of amides is 1. The summed E-state index contributed by atoms with van der Waals surface area (Å²) in [5.74, 6) is 0.819. The van der Waals surface area contributed by atoms with Gasteiger partial charge in [0, 0.05) is 11.8 Å². The zero-order valence-electron chi connectivity index (χ0n) is 14.1. The summed E-state index contributed by atoms with van der Waals surface area (Å²) in [5, 5.41) is 11.4. The maximum absolute atomic E-state index is 13.8. The number of nitrogens with zero attached hydrogens (tertiary/aromatic N) is 3. The van der Waals surface area contributed by atoms with E-state index in [9.17, 15) is 9.18 Å². The summed E-state index contributed by atoms with van der Waals surface area (Å²) < 4.78 is 15.6. The van der Waals surface area contributed by atoms with Crippen molar-refractivity contribution in [3.05, 3.63) is 65.4 Å². The van der Waals surface area contributed by atoms with E-state index in [1.165, 1.54) is 6.07 Å². The standard InChI is InChI=1S/C18H19FN4OS/c1-12-6-7-13(11-14(12)19)18(24)20-15(8-10-25-2)17-22-21-16-5-3-4-9-23(16)17/h3-7,9,11,15H,8,10H2,1-2H3,(H,20,24). The number of halogens is 1. The molecule has 0 fully saturated rings. The Bertz CT molecular complexity index is 896. The Balaban J connectivity index is 1.88. The van der Waals surface area contributed by atoms with Crippen LogP contribution in [0.1, 0.15) is 34.2 Å². The fraction of sp³-hybridized carbons (Fsp3) is 0.278. The van der Waals surface area contributed by atoms with Gasteiger partial charge >= 0.3 is 0 Å². The van der Waals surface area contributed by atoms with Crippen LogP contribution in [0.5, 0.6) is 0 Å². The average molecular weight is 358 g/mol. The molecule has 0 aliphatic carbocycles. The number of benzene rings is 1. The third-order valence-corrected chi connectivity index (χ3v) is 4.65. The molecule has 1 aromatic carbocycles. The van der Waals surface area contributed by atoms with Gasteiger partial charge in [-0.1, -0.05) is 12.1 Å². The molecule has 0 bridgehead atoms. The van der Waals surface area contributed by atoms with Crippen LogP contribution in [0.2, 0.25) is 0 Å². The molecule has 1 amide bonds. The van der Waals surface area contributed by atoms with Gasteiger partial charge in [0.15, 0.2) is 11.5 Å². The molecule has 3 rings (SSSR count). The summed E-state index contributed by atoms with van der Waals surface area (Å²) in [4.78, 5) is 12.6. The van der Waals surface area contributed by atoms with Gasteiger partial charge in [0.25, 0.3) is 5.91 Å². The molecule has 3 aromatic rings. The van der Waals surface area contributed by atoms with Crippen LogP contribution in [-0.2, 0) is 0 Å². The first-order valence-corrected chi connectivity index (χ1v) is 9.35. The van der Waals surface area contributed by atoms with E-state index >= 15 is 0 Å². The minimum absolute atomic E-state index is 0.297. The fourth-order valence-corrected chi connectivity index (χ4v) is 3.05. The monoisotopic (exact) mass is 358 g/mol. The third kappa shape index (κ3) is 3.82. The van der Waals surface area contributed by atoms with Gasteiger partial charge in [-0.25, -0.2) is 4.39 Å². The Morgan fingerprint density at radius 3 is 2.92 bits per heavy atom. The summed E-state index contributed by atoms with van der Waals surface area (Å²) in [6, 6.07) is 9.83. The van der Waals surface area contributed by atoms with E-state index in [2.05, 4.69) is 15.5 Å². The molecule has 0 saturated carbocycles. The van der Waals surface area contributed by atoms with E-state index in [0.29, 0.717) is 23.4 Å². The third-order valence-electron chi connectivity index (χ3n) is 4.00. The number of hydrogen-bond donors (Lipinski definition) is 1. The Labute approximate surface area is 149 Å². The molecule has 2 heterocycles. The largest absolute Gasteiger partial charge is 0.342 e. The fourth-order valence-electron chi connectivity index (χ4n) is 2.57. The minimum Gasteiger partial charge on any atom is -0.342 e. The number of rotatable bonds is 6. The summed E-state index contributed by atoms with van der Waals surface area (Å²) in [5.41, 5.74) is 1.53. The molecule has 7 heteroatoms. The maximum atomic E-state index is 13.8. The number of hydrogen-bond acceptors (Lipinski definition) is 4. The van der Waals surface area contributed by atoms with Crippen molar-refractivity contribution >= 4 is 23.3 Å². The van der Waals surface area contributed by atoms with E-state index in [1.54, 1.807) is 30.8 Å². The van der Waals surface area contributed by atoms with Crippen LogP contribution >= 0.6 is 11.8 Å². The number of carbonyl (C=O) groups excluding carboxylic acids is 1. The zero-order chi connectivity index (χ0) is 17.8. The normalized spacial score (nSPS) is 12.3. The van der Waals surface area contributed by atoms with Crippen molar-refractivity contribution in [3.8, 4) is 0 Å². The Morgan fingerprint density at radius 1 is 1.32 bits per heavy atom. The Hall–Kier alpha value is -2.41. The van der Waals surface area contributed by atoms with Crippen molar-refractivity contribution < 1.29 is 9.18 Å². The molecule has 0 saturated heterocycles. The molecule has 0 radical (unpaired) electrons. The van der Waals surface area contributed by atoms with Crippen molar-refractivity contribution in [1.29, 1.82) is 0 Å². The van der Waals surface area contributed by atoms with E-state index in [-0.39, 0.29) is 17.8 Å². The first-order valence-electron chi connectivity index (χ1n) is 7.95. The zero-order valence-corrected chi connectivity index (χ0v) is 14.9. The summed E-state index contributed by atoms with van der Waals surface area (Å²) in [6.45, 7) is 1.67. The van der Waals surface area contributed by atoms with Gasteiger partial charge in [-0.15, -0.1) is 10.2 Å². The van der Waals surface area contributed by atoms with Crippen LogP contribution in [0.3, 0.4) is 0 Å². The SMILES string of the molecule is CSCCC(NC(=O)c1ccc(C)c(F)c1)c1nnc2ccccn12. The van der Waals surface area contributed by atoms with Gasteiger partial charge < -0.3 is 5.32 Å². The first kappa shape index (κ1) is 17.4. The van der Waals surface area contributed by atoms with Gasteiger partial charge in [-0.3, -0.25) is 9.20 Å². The van der Waals surface area contributed by atoms with Crippen LogP contribution in [0, 0.1) is 12.7 Å². The van der Waals surface area contributed by atoms with Crippen LogP contribution in [0.4, 0.5) is 4.39 Å². The molecular formula is C18H19FN4OS. The predicted molar refractivity (Wildman–Crippen MR) is 97.3 cm³/mol. The highest BCUT2D eigenvalue weighted by Gasteiger charge is 2.21. The second-order valence-corrected chi connectivity index (χ2v) is 6.74. The molecule has 0 aliphatic heterocycles. The number of pyridine rings is 1. The molecule has 25 heavy (non-hydrogen) atoms. The molecule has 130 valence electrons. The summed E-state index contributed by atoms with van der Waals surface area (Å²) in [6.07, 6.45) is 4.58. The molecule has 0 spiro atoms. The van der Waals surface area contributed by atoms with E-state index in [0.717, 1.165) is 11.4 Å². The van der Waals surface area contributed by atoms with Gasteiger partial charge in [0.2, 0.25) is 0 Å². The predicted octanol–water partition coefficient (Wildman–Crippen LogP) is 3.40. The quantitative estimate of drug-likeness (QED) is 0.734. The van der Waals surface area contributed by atoms with E-state index < -0.39 is 0 Å². The second-order valence-electron chi connectivity index (χ2n) is 5.76. The Morgan fingerprint density at radius 2 is 2.16 bits per heavy atom. The number of carbonyl (C=O) groups is 1. The van der Waals surface area contributed by atoms with Crippen molar-refractivity contribution in [2.45, 2.75) is 19.4 Å². The van der Waals surface area contributed by atoms with Crippen LogP contribution < -0.4 is 5.32 Å². The first-order chi connectivity index (χ1) is 12.1. The number of nitrogens with one attached hydrogen (secondary N) is 1. The molecule has 0 aliphatic rings. The Kier molecular flexibility index (Phi) is 5.33. The smallest absolute Gasteiger partial charge is 0.251 e. The minimum atomic E-state index is -0.388. The lowest BCUT2D eigenvalue weighted by Crippen LogP contribution is -2.30. The van der Waals surface area contributed by atoms with Crippen molar-refractivity contribution in [3.63, 3.8) is 0 Å². The van der Waals surface area contributed by atoms with Crippen molar-refractivity contribution in [2.75, 3.05) is 12.0 Å². The summed E-state index contributed by atoms with van der Waals surface area (Å²) >= 11 is 1.69. The van der Waals surface area contributed by atoms with Crippen molar-refractivity contribution in [2.24, 2.45) is 0 Å². The number of thioether (sulfide) groups is 1. The molecule has 1 atom stereocenters. The van der Waals surface area contributed by atoms with Gasteiger partial charge in [0.05, 0.1) is 6.04 Å². The van der Waals surface area contributed by atoms with Crippen LogP contribution in [-0.4, -0.2) is 32.5 Å². The molecule has 2 aromatic heterocycles. The lowest BCUT2D eigenvalue weighted by atomic mass is 10.1. The molecule has 5 nitrogen and oxygen atoms in total. The van der Waals surface area contributed by atoms with Gasteiger partial charge in [-0.2, -0.15) is 11.8 Å². The second kappa shape index (κ2) is 7.65. The van der Waals surface area contributed by atoms with Crippen LogP contribution in [0.25, 0.3) is 5.65 Å². The molecule has 1 N–H and O–H groups in total. The van der Waals surface area contributed by atoms with E-state index in [4.69, 9.17) is 0 Å². The topological polar surface area (TPSA) is 59.3 Å². The van der Waals surface area contributed by atoms with Crippen LogP contribution in [0.15, 0.2) is 42.6 Å². The maximum Gasteiger partial charge on any atom is 0.251 e.